The van der Waals surface area contributed by atoms with Crippen LogP contribution in [0.4, 0.5) is 10.5 Å². The first-order valence-electron chi connectivity index (χ1n) is 5.87. The summed E-state index contributed by atoms with van der Waals surface area (Å²) in [6, 6.07) is 8.24. The van der Waals surface area contributed by atoms with Gasteiger partial charge in [-0.2, -0.15) is 0 Å². The number of carboxylic acids is 1. The standard InChI is InChI=1S/C14H16N2O3/c1-2-3-7-10-15-14(19)16(11-13(17)18)12-8-5-4-6-9-12/h4-6,8-9H,7,10-11H2,1H3,(H,15,19)(H,17,18). The number of aliphatic carboxylic acids is 1. The number of benzene rings is 1. The molecular formula is C14H16N2O3. The minimum Gasteiger partial charge on any atom is -0.480 e. The molecule has 2 N–H and O–H groups in total. The van der Waals surface area contributed by atoms with E-state index in [2.05, 4.69) is 17.2 Å². The first-order chi connectivity index (χ1) is 9.15. The van der Waals surface area contributed by atoms with Crippen LogP contribution in [0, 0.1) is 11.8 Å². The zero-order valence-electron chi connectivity index (χ0n) is 10.7. The quantitative estimate of drug-likeness (QED) is 0.625. The van der Waals surface area contributed by atoms with Gasteiger partial charge >= 0.3 is 12.0 Å². The fourth-order valence-corrected chi connectivity index (χ4v) is 1.48. The van der Waals surface area contributed by atoms with E-state index in [9.17, 15) is 9.59 Å². The molecule has 0 fully saturated rings. The largest absolute Gasteiger partial charge is 0.480 e. The Bertz CT molecular complexity index is 488. The molecule has 100 valence electrons. The molecule has 0 atom stereocenters. The van der Waals surface area contributed by atoms with Crippen molar-refractivity contribution in [1.29, 1.82) is 0 Å². The normalized spacial score (nSPS) is 9.11. The maximum atomic E-state index is 11.9. The second kappa shape index (κ2) is 7.77. The first-order valence-corrected chi connectivity index (χ1v) is 5.87. The van der Waals surface area contributed by atoms with E-state index in [1.807, 2.05) is 0 Å². The minimum atomic E-state index is -1.06. The molecule has 0 aliphatic rings. The first kappa shape index (κ1) is 14.6. The van der Waals surface area contributed by atoms with Gasteiger partial charge < -0.3 is 10.4 Å². The molecule has 1 aromatic rings. The number of hydrogen-bond acceptors (Lipinski definition) is 2. The Hall–Kier alpha value is -2.48. The average molecular weight is 260 g/mol. The Morgan fingerprint density at radius 3 is 2.58 bits per heavy atom. The van der Waals surface area contributed by atoms with Gasteiger partial charge in [-0.25, -0.2) is 4.79 Å². The van der Waals surface area contributed by atoms with Gasteiger partial charge in [-0.05, 0) is 19.1 Å². The highest BCUT2D eigenvalue weighted by Gasteiger charge is 2.17. The third-order valence-corrected chi connectivity index (χ3v) is 2.31. The molecule has 1 rings (SSSR count). The van der Waals surface area contributed by atoms with Gasteiger partial charge in [0, 0.05) is 18.7 Å². The lowest BCUT2D eigenvalue weighted by atomic mass is 10.3. The van der Waals surface area contributed by atoms with Gasteiger partial charge in [0.1, 0.15) is 6.54 Å². The number of nitrogens with one attached hydrogen (secondary N) is 1. The van der Waals surface area contributed by atoms with Crippen LogP contribution in [0.25, 0.3) is 0 Å². The molecule has 2 amide bonds. The Kier molecular flexibility index (Phi) is 5.96. The van der Waals surface area contributed by atoms with Gasteiger partial charge in [0.05, 0.1) is 0 Å². The molecule has 5 nitrogen and oxygen atoms in total. The second-order valence-electron chi connectivity index (χ2n) is 3.72. The minimum absolute atomic E-state index is 0.380. The topological polar surface area (TPSA) is 69.6 Å². The molecule has 0 saturated carbocycles. The fourth-order valence-electron chi connectivity index (χ4n) is 1.48. The number of para-hydroxylation sites is 1. The van der Waals surface area contributed by atoms with E-state index in [-0.39, 0.29) is 6.54 Å². The van der Waals surface area contributed by atoms with Crippen LogP contribution in [-0.2, 0) is 4.79 Å². The summed E-state index contributed by atoms with van der Waals surface area (Å²) in [7, 11) is 0. The third kappa shape index (κ3) is 5.13. The van der Waals surface area contributed by atoms with E-state index in [1.165, 1.54) is 4.90 Å². The van der Waals surface area contributed by atoms with E-state index >= 15 is 0 Å². The maximum Gasteiger partial charge on any atom is 0.323 e. The summed E-state index contributed by atoms with van der Waals surface area (Å²) < 4.78 is 0. The average Bonchev–Trinajstić information content (AvgIpc) is 2.41. The summed E-state index contributed by atoms with van der Waals surface area (Å²) in [6.07, 6.45) is 0.540. The Labute approximate surface area is 112 Å². The van der Waals surface area contributed by atoms with Crippen molar-refractivity contribution in [2.24, 2.45) is 0 Å². The molecule has 19 heavy (non-hydrogen) atoms. The molecule has 0 spiro atoms. The number of amides is 2. The van der Waals surface area contributed by atoms with Gasteiger partial charge in [0.15, 0.2) is 0 Å². The van der Waals surface area contributed by atoms with E-state index < -0.39 is 12.0 Å². The van der Waals surface area contributed by atoms with Crippen molar-refractivity contribution in [3.05, 3.63) is 30.3 Å². The van der Waals surface area contributed by atoms with Crippen LogP contribution >= 0.6 is 0 Å². The monoisotopic (exact) mass is 260 g/mol. The number of anilines is 1. The van der Waals surface area contributed by atoms with Gasteiger partial charge in [-0.1, -0.05) is 18.2 Å². The summed E-state index contributed by atoms with van der Waals surface area (Å²) in [5.41, 5.74) is 0.545. The van der Waals surface area contributed by atoms with E-state index in [1.54, 1.807) is 37.3 Å². The lowest BCUT2D eigenvalue weighted by molar-refractivity contribution is -0.135. The number of carbonyl (C=O) groups is 2. The fraction of sp³-hybridized carbons (Fsp3) is 0.286. The smallest absolute Gasteiger partial charge is 0.323 e. The Morgan fingerprint density at radius 2 is 2.00 bits per heavy atom. The zero-order chi connectivity index (χ0) is 14.1. The predicted octanol–water partition coefficient (Wildman–Crippen LogP) is 1.70. The molecule has 5 heteroatoms. The van der Waals surface area contributed by atoms with Crippen molar-refractivity contribution in [3.8, 4) is 11.8 Å². The molecule has 0 aromatic heterocycles. The van der Waals surface area contributed by atoms with Gasteiger partial charge in [0.25, 0.3) is 0 Å². The van der Waals surface area contributed by atoms with E-state index in [0.717, 1.165) is 0 Å². The van der Waals surface area contributed by atoms with Crippen LogP contribution in [0.3, 0.4) is 0 Å². The summed E-state index contributed by atoms with van der Waals surface area (Å²) in [5, 5.41) is 11.5. The van der Waals surface area contributed by atoms with Crippen molar-refractivity contribution >= 4 is 17.7 Å². The van der Waals surface area contributed by atoms with Crippen LogP contribution in [0.15, 0.2) is 30.3 Å². The second-order valence-corrected chi connectivity index (χ2v) is 3.72. The summed E-state index contributed by atoms with van der Waals surface area (Å²) in [6.45, 7) is 1.74. The number of nitrogens with zero attached hydrogens (tertiary/aromatic N) is 1. The Balaban J connectivity index is 2.70. The number of hydrogen-bond donors (Lipinski definition) is 2. The molecule has 0 heterocycles. The summed E-state index contributed by atoms with van der Waals surface area (Å²) >= 11 is 0. The third-order valence-electron chi connectivity index (χ3n) is 2.31. The highest BCUT2D eigenvalue weighted by atomic mass is 16.4. The van der Waals surface area contributed by atoms with Gasteiger partial charge in [-0.15, -0.1) is 11.8 Å². The number of carbonyl (C=O) groups excluding carboxylic acids is 1. The zero-order valence-corrected chi connectivity index (χ0v) is 10.7. The lowest BCUT2D eigenvalue weighted by Crippen LogP contribution is -2.43. The SMILES string of the molecule is CC#CCCNC(=O)N(CC(=O)O)c1ccccc1. The van der Waals surface area contributed by atoms with Crippen LogP contribution in [0.2, 0.25) is 0 Å². The molecule has 0 aliphatic heterocycles. The van der Waals surface area contributed by atoms with Crippen molar-refractivity contribution in [2.45, 2.75) is 13.3 Å². The van der Waals surface area contributed by atoms with Crippen molar-refractivity contribution in [1.82, 2.24) is 5.32 Å². The van der Waals surface area contributed by atoms with Crippen LogP contribution < -0.4 is 10.2 Å². The van der Waals surface area contributed by atoms with Crippen molar-refractivity contribution in [3.63, 3.8) is 0 Å². The van der Waals surface area contributed by atoms with E-state index in [4.69, 9.17) is 5.11 Å². The Morgan fingerprint density at radius 1 is 1.32 bits per heavy atom. The molecule has 0 bridgehead atoms. The van der Waals surface area contributed by atoms with Crippen molar-refractivity contribution in [2.75, 3.05) is 18.0 Å². The lowest BCUT2D eigenvalue weighted by Gasteiger charge is -2.21. The van der Waals surface area contributed by atoms with Crippen molar-refractivity contribution < 1.29 is 14.7 Å². The van der Waals surface area contributed by atoms with Crippen LogP contribution in [0.5, 0.6) is 0 Å². The highest BCUT2D eigenvalue weighted by Crippen LogP contribution is 2.12. The maximum absolute atomic E-state index is 11.9. The number of carboxylic acid groups (broad SMARTS) is 1. The van der Waals surface area contributed by atoms with Gasteiger partial charge in [-0.3, -0.25) is 9.69 Å². The number of urea groups is 1. The molecule has 0 radical (unpaired) electrons. The molecule has 0 saturated heterocycles. The van der Waals surface area contributed by atoms with Crippen LogP contribution in [-0.4, -0.2) is 30.2 Å². The molecule has 0 unspecified atom stereocenters. The van der Waals surface area contributed by atoms with E-state index in [0.29, 0.717) is 18.7 Å². The highest BCUT2D eigenvalue weighted by molar-refractivity contribution is 5.96. The molecular weight excluding hydrogens is 244 g/mol. The number of rotatable bonds is 5. The van der Waals surface area contributed by atoms with Gasteiger partial charge in [0.2, 0.25) is 0 Å². The summed E-state index contributed by atoms with van der Waals surface area (Å²) in [4.78, 5) is 23.9. The summed E-state index contributed by atoms with van der Waals surface area (Å²) in [5.74, 6) is 4.49. The molecule has 1 aromatic carbocycles. The predicted molar refractivity (Wildman–Crippen MR) is 72.9 cm³/mol. The molecule has 0 aliphatic carbocycles. The van der Waals surface area contributed by atoms with Crippen LogP contribution in [0.1, 0.15) is 13.3 Å².